The highest BCUT2D eigenvalue weighted by Gasteiger charge is 2.12. The van der Waals surface area contributed by atoms with Crippen LogP contribution in [0.2, 0.25) is 0 Å². The van der Waals surface area contributed by atoms with Crippen molar-refractivity contribution >= 4 is 15.9 Å². The van der Waals surface area contributed by atoms with Crippen LogP contribution in [0.5, 0.6) is 0 Å². The summed E-state index contributed by atoms with van der Waals surface area (Å²) in [5.41, 5.74) is -0.0663. The van der Waals surface area contributed by atoms with Crippen LogP contribution in [0.4, 0.5) is 0 Å². The van der Waals surface area contributed by atoms with E-state index >= 15 is 0 Å². The lowest BCUT2D eigenvalue weighted by Crippen LogP contribution is -2.41. The van der Waals surface area contributed by atoms with Crippen molar-refractivity contribution in [1.29, 1.82) is 0 Å². The van der Waals surface area contributed by atoms with E-state index in [0.717, 1.165) is 4.57 Å². The molecule has 0 saturated carbocycles. The number of hydrogen-bond donors (Lipinski definition) is 0. The molecule has 0 bridgehead atoms. The van der Waals surface area contributed by atoms with Crippen molar-refractivity contribution in [2.75, 3.05) is 0 Å². The van der Waals surface area contributed by atoms with Crippen LogP contribution in [0.1, 0.15) is 5.69 Å². The summed E-state index contributed by atoms with van der Waals surface area (Å²) in [5, 5.41) is 0. The summed E-state index contributed by atoms with van der Waals surface area (Å²) in [6, 6.07) is 0. The summed E-state index contributed by atoms with van der Waals surface area (Å²) in [5.74, 6) is 0. The third-order valence-corrected chi connectivity index (χ3v) is 3.15. The van der Waals surface area contributed by atoms with E-state index < -0.39 is 0 Å². The van der Waals surface area contributed by atoms with E-state index in [2.05, 4.69) is 29.1 Å². The third-order valence-electron chi connectivity index (χ3n) is 2.24. The van der Waals surface area contributed by atoms with Crippen LogP contribution in [-0.2, 0) is 13.1 Å². The number of halogens is 1. The van der Waals surface area contributed by atoms with Crippen LogP contribution in [0.3, 0.4) is 0 Å². The molecule has 0 atom stereocenters. The molecule has 1 rings (SSSR count). The van der Waals surface area contributed by atoms with E-state index in [9.17, 15) is 9.59 Å². The highest BCUT2D eigenvalue weighted by atomic mass is 79.9. The number of allylic oxidation sites excluding steroid dienone is 2. The Morgan fingerprint density at radius 1 is 1.19 bits per heavy atom. The van der Waals surface area contributed by atoms with Crippen LogP contribution >= 0.6 is 15.9 Å². The van der Waals surface area contributed by atoms with Crippen LogP contribution < -0.4 is 11.2 Å². The predicted molar refractivity (Wildman–Crippen MR) is 67.8 cm³/mol. The van der Waals surface area contributed by atoms with Gasteiger partial charge in [0.1, 0.15) is 4.47 Å². The number of hydrogen-bond acceptors (Lipinski definition) is 2. The Morgan fingerprint density at radius 2 is 1.69 bits per heavy atom. The zero-order valence-electron chi connectivity index (χ0n) is 9.07. The first-order valence-electron chi connectivity index (χ1n) is 4.76. The molecule has 0 saturated heterocycles. The van der Waals surface area contributed by atoms with Gasteiger partial charge in [-0.2, -0.15) is 0 Å². The van der Waals surface area contributed by atoms with Crippen molar-refractivity contribution in [3.63, 3.8) is 0 Å². The van der Waals surface area contributed by atoms with Gasteiger partial charge in [0.2, 0.25) is 0 Å². The summed E-state index contributed by atoms with van der Waals surface area (Å²) >= 11 is 3.19. The van der Waals surface area contributed by atoms with Crippen molar-refractivity contribution in [2.24, 2.45) is 0 Å². The van der Waals surface area contributed by atoms with Gasteiger partial charge in [-0.3, -0.25) is 13.9 Å². The molecule has 0 spiro atoms. The number of aromatic nitrogens is 2. The van der Waals surface area contributed by atoms with Gasteiger partial charge >= 0.3 is 5.69 Å². The van der Waals surface area contributed by atoms with Gasteiger partial charge in [-0.15, -0.1) is 13.2 Å². The lowest BCUT2D eigenvalue weighted by atomic mass is 10.4. The molecule has 1 aromatic heterocycles. The third kappa shape index (κ3) is 2.09. The summed E-state index contributed by atoms with van der Waals surface area (Å²) in [6.45, 7) is 9.40. The van der Waals surface area contributed by atoms with Crippen molar-refractivity contribution in [2.45, 2.75) is 20.0 Å². The molecular weight excluding hydrogens is 272 g/mol. The SMILES string of the molecule is C=CCn1c(C)c(Br)c(=O)n(CC=C)c1=O. The zero-order valence-corrected chi connectivity index (χ0v) is 10.7. The Balaban J connectivity index is 3.65. The topological polar surface area (TPSA) is 44.0 Å². The van der Waals surface area contributed by atoms with E-state index in [4.69, 9.17) is 0 Å². The Morgan fingerprint density at radius 3 is 2.19 bits per heavy atom. The number of nitrogens with zero attached hydrogens (tertiary/aromatic N) is 2. The molecule has 0 unspecified atom stereocenters. The van der Waals surface area contributed by atoms with Crippen LogP contribution in [0, 0.1) is 6.92 Å². The molecule has 0 radical (unpaired) electrons. The maximum Gasteiger partial charge on any atom is 0.331 e. The largest absolute Gasteiger partial charge is 0.331 e. The zero-order chi connectivity index (χ0) is 12.3. The second-order valence-corrected chi connectivity index (χ2v) is 4.08. The maximum absolute atomic E-state index is 12.0. The molecule has 0 amide bonds. The normalized spacial score (nSPS) is 10.1. The highest BCUT2D eigenvalue weighted by molar-refractivity contribution is 9.10. The van der Waals surface area contributed by atoms with Gasteiger partial charge in [-0.25, -0.2) is 4.79 Å². The Bertz CT molecular complexity index is 540. The van der Waals surface area contributed by atoms with Crippen molar-refractivity contribution in [3.8, 4) is 0 Å². The molecule has 1 heterocycles. The van der Waals surface area contributed by atoms with E-state index in [1.54, 1.807) is 13.0 Å². The van der Waals surface area contributed by atoms with E-state index in [1.165, 1.54) is 10.6 Å². The van der Waals surface area contributed by atoms with Crippen molar-refractivity contribution < 1.29 is 0 Å². The summed E-state index contributed by atoms with van der Waals surface area (Å²) in [6.07, 6.45) is 3.13. The molecule has 0 aromatic carbocycles. The minimum absolute atomic E-state index is 0.202. The van der Waals surface area contributed by atoms with Crippen molar-refractivity contribution in [1.82, 2.24) is 9.13 Å². The predicted octanol–water partition coefficient (Wildman–Crippen LogP) is 1.45. The Hall–Kier alpha value is -1.36. The average molecular weight is 285 g/mol. The minimum atomic E-state index is -0.342. The fourth-order valence-corrected chi connectivity index (χ4v) is 1.83. The van der Waals surface area contributed by atoms with Crippen LogP contribution in [0.15, 0.2) is 39.4 Å². The molecule has 4 nitrogen and oxygen atoms in total. The van der Waals surface area contributed by atoms with Gasteiger partial charge in [0.15, 0.2) is 0 Å². The quantitative estimate of drug-likeness (QED) is 0.786. The number of rotatable bonds is 4. The first-order valence-corrected chi connectivity index (χ1v) is 5.55. The Kier molecular flexibility index (Phi) is 4.06. The Labute approximate surface area is 102 Å². The van der Waals surface area contributed by atoms with Gasteiger partial charge in [-0.1, -0.05) is 12.2 Å². The smallest absolute Gasteiger partial charge is 0.293 e. The van der Waals surface area contributed by atoms with E-state index in [1.807, 2.05) is 0 Å². The minimum Gasteiger partial charge on any atom is -0.293 e. The lowest BCUT2D eigenvalue weighted by molar-refractivity contribution is 0.605. The molecular formula is C11H13BrN2O2. The van der Waals surface area contributed by atoms with Gasteiger partial charge in [-0.05, 0) is 22.9 Å². The maximum atomic E-state index is 12.0. The summed E-state index contributed by atoms with van der Waals surface area (Å²) in [7, 11) is 0. The monoisotopic (exact) mass is 284 g/mol. The lowest BCUT2D eigenvalue weighted by Gasteiger charge is -2.12. The van der Waals surface area contributed by atoms with Gasteiger partial charge in [0, 0.05) is 18.8 Å². The fourth-order valence-electron chi connectivity index (χ4n) is 1.40. The molecule has 0 aliphatic heterocycles. The highest BCUT2D eigenvalue weighted by Crippen LogP contribution is 2.08. The standard InChI is InChI=1S/C11H13BrN2O2/c1-4-6-13-8(3)9(12)10(15)14(7-5-2)11(13)16/h4-5H,1-2,6-7H2,3H3. The van der Waals surface area contributed by atoms with Gasteiger partial charge in [0.25, 0.3) is 5.56 Å². The molecule has 86 valence electrons. The molecule has 16 heavy (non-hydrogen) atoms. The van der Waals surface area contributed by atoms with E-state index in [-0.39, 0.29) is 17.8 Å². The molecule has 0 N–H and O–H groups in total. The van der Waals surface area contributed by atoms with Crippen LogP contribution in [-0.4, -0.2) is 9.13 Å². The first kappa shape index (κ1) is 12.7. The molecule has 0 aliphatic carbocycles. The summed E-state index contributed by atoms with van der Waals surface area (Å²) < 4.78 is 3.02. The first-order chi connectivity index (χ1) is 7.54. The molecule has 1 aromatic rings. The van der Waals surface area contributed by atoms with E-state index in [0.29, 0.717) is 16.7 Å². The second-order valence-electron chi connectivity index (χ2n) is 3.29. The second kappa shape index (κ2) is 5.12. The average Bonchev–Trinajstić information content (AvgIpc) is 2.28. The van der Waals surface area contributed by atoms with Crippen LogP contribution in [0.25, 0.3) is 0 Å². The summed E-state index contributed by atoms with van der Waals surface area (Å²) in [4.78, 5) is 23.7. The molecule has 5 heteroatoms. The molecule has 0 fully saturated rings. The van der Waals surface area contributed by atoms with Gasteiger partial charge < -0.3 is 0 Å². The van der Waals surface area contributed by atoms with Gasteiger partial charge in [0.05, 0.1) is 0 Å². The van der Waals surface area contributed by atoms with Crippen molar-refractivity contribution in [3.05, 3.63) is 56.3 Å². The molecule has 0 aliphatic rings. The fraction of sp³-hybridized carbons (Fsp3) is 0.273.